The maximum absolute atomic E-state index is 6.00. The quantitative estimate of drug-likeness (QED) is 0.552. The molecule has 0 amide bonds. The number of unbranched alkanes of at least 4 members (excludes halogenated alkanes) is 2. The van der Waals surface area contributed by atoms with E-state index in [1.54, 1.807) is 0 Å². The van der Waals surface area contributed by atoms with Gasteiger partial charge in [-0.25, -0.2) is 0 Å². The lowest BCUT2D eigenvalue weighted by Gasteiger charge is -2.14. The summed E-state index contributed by atoms with van der Waals surface area (Å²) in [6, 6.07) is 16.5. The van der Waals surface area contributed by atoms with E-state index in [0.717, 1.165) is 56.0 Å². The molecule has 118 valence electrons. The van der Waals surface area contributed by atoms with E-state index in [9.17, 15) is 0 Å². The van der Waals surface area contributed by atoms with E-state index in [4.69, 9.17) is 9.47 Å². The summed E-state index contributed by atoms with van der Waals surface area (Å²) in [5.41, 5.74) is 2.30. The Morgan fingerprint density at radius 2 is 1.45 bits per heavy atom. The van der Waals surface area contributed by atoms with Crippen LogP contribution in [0.15, 0.2) is 48.5 Å². The zero-order valence-corrected chi connectivity index (χ0v) is 13.7. The van der Waals surface area contributed by atoms with Crippen LogP contribution in [0.3, 0.4) is 0 Å². The molecule has 0 fully saturated rings. The van der Waals surface area contributed by atoms with Crippen molar-refractivity contribution in [3.63, 3.8) is 0 Å². The van der Waals surface area contributed by atoms with E-state index < -0.39 is 0 Å². The van der Waals surface area contributed by atoms with Crippen LogP contribution in [-0.4, -0.2) is 13.2 Å². The van der Waals surface area contributed by atoms with Crippen LogP contribution in [-0.2, 0) is 0 Å². The average Bonchev–Trinajstić information content (AvgIpc) is 2.56. The summed E-state index contributed by atoms with van der Waals surface area (Å²) < 4.78 is 11.8. The van der Waals surface area contributed by atoms with Crippen LogP contribution in [0.4, 0.5) is 0 Å². The minimum absolute atomic E-state index is 0.745. The Hall–Kier alpha value is -1.96. The van der Waals surface area contributed by atoms with Crippen LogP contribution < -0.4 is 9.47 Å². The Labute approximate surface area is 134 Å². The molecule has 2 heteroatoms. The number of hydrogen-bond donors (Lipinski definition) is 0. The molecule has 0 spiro atoms. The van der Waals surface area contributed by atoms with Gasteiger partial charge in [-0.3, -0.25) is 0 Å². The minimum atomic E-state index is 0.745. The van der Waals surface area contributed by atoms with Gasteiger partial charge in [-0.1, -0.05) is 57.0 Å². The van der Waals surface area contributed by atoms with Crippen molar-refractivity contribution in [2.45, 2.75) is 39.5 Å². The van der Waals surface area contributed by atoms with Crippen LogP contribution in [0.5, 0.6) is 11.5 Å². The van der Waals surface area contributed by atoms with Crippen molar-refractivity contribution in [2.24, 2.45) is 0 Å². The van der Waals surface area contributed by atoms with Gasteiger partial charge >= 0.3 is 0 Å². The summed E-state index contributed by atoms with van der Waals surface area (Å²) in [6.07, 6.45) is 4.41. The first kappa shape index (κ1) is 16.4. The third-order valence-electron chi connectivity index (χ3n) is 3.56. The molecule has 0 aromatic heterocycles. The standard InChI is InChI=1S/C20H26O2/c1-3-5-14-21-18-12-13-19(17-10-8-7-9-11-17)20(16-18)22-15-6-4-2/h7-13,16H,3-6,14-15H2,1-2H3. The highest BCUT2D eigenvalue weighted by molar-refractivity contribution is 5.71. The van der Waals surface area contributed by atoms with Crippen LogP contribution in [0.25, 0.3) is 11.1 Å². The Morgan fingerprint density at radius 1 is 0.773 bits per heavy atom. The maximum Gasteiger partial charge on any atom is 0.130 e. The van der Waals surface area contributed by atoms with Gasteiger partial charge in [0.25, 0.3) is 0 Å². The summed E-state index contributed by atoms with van der Waals surface area (Å²) in [7, 11) is 0. The summed E-state index contributed by atoms with van der Waals surface area (Å²) in [4.78, 5) is 0. The van der Waals surface area contributed by atoms with Gasteiger partial charge in [-0.05, 0) is 30.5 Å². The Morgan fingerprint density at radius 3 is 2.14 bits per heavy atom. The van der Waals surface area contributed by atoms with Crippen molar-refractivity contribution in [2.75, 3.05) is 13.2 Å². The maximum atomic E-state index is 6.00. The van der Waals surface area contributed by atoms with Crippen molar-refractivity contribution in [1.29, 1.82) is 0 Å². The van der Waals surface area contributed by atoms with Gasteiger partial charge in [-0.15, -0.1) is 0 Å². The highest BCUT2D eigenvalue weighted by atomic mass is 16.5. The van der Waals surface area contributed by atoms with E-state index in [1.807, 2.05) is 18.2 Å². The van der Waals surface area contributed by atoms with Crippen LogP contribution in [0.1, 0.15) is 39.5 Å². The normalized spacial score (nSPS) is 10.5. The zero-order chi connectivity index (χ0) is 15.6. The molecule has 0 aliphatic heterocycles. The monoisotopic (exact) mass is 298 g/mol. The highest BCUT2D eigenvalue weighted by Gasteiger charge is 2.08. The smallest absolute Gasteiger partial charge is 0.130 e. The molecule has 2 nitrogen and oxygen atoms in total. The molecule has 0 aliphatic carbocycles. The van der Waals surface area contributed by atoms with E-state index in [-0.39, 0.29) is 0 Å². The van der Waals surface area contributed by atoms with Gasteiger partial charge in [0.15, 0.2) is 0 Å². The molecule has 0 saturated carbocycles. The lowest BCUT2D eigenvalue weighted by molar-refractivity contribution is 0.295. The van der Waals surface area contributed by atoms with Crippen LogP contribution in [0.2, 0.25) is 0 Å². The van der Waals surface area contributed by atoms with E-state index in [0.29, 0.717) is 0 Å². The van der Waals surface area contributed by atoms with E-state index in [1.165, 1.54) is 5.56 Å². The van der Waals surface area contributed by atoms with Crippen molar-refractivity contribution in [1.82, 2.24) is 0 Å². The molecular weight excluding hydrogens is 272 g/mol. The molecule has 2 aromatic rings. The summed E-state index contributed by atoms with van der Waals surface area (Å²) in [5, 5.41) is 0. The molecule has 0 saturated heterocycles. The third kappa shape index (κ3) is 4.80. The Kier molecular flexibility index (Phi) is 6.82. The molecule has 0 unspecified atom stereocenters. The zero-order valence-electron chi connectivity index (χ0n) is 13.7. The summed E-state index contributed by atoms with van der Waals surface area (Å²) >= 11 is 0. The van der Waals surface area contributed by atoms with Crippen LogP contribution in [0, 0.1) is 0 Å². The largest absolute Gasteiger partial charge is 0.493 e. The predicted octanol–water partition coefficient (Wildman–Crippen LogP) is 5.71. The number of hydrogen-bond acceptors (Lipinski definition) is 2. The highest BCUT2D eigenvalue weighted by Crippen LogP contribution is 2.33. The number of benzene rings is 2. The van der Waals surface area contributed by atoms with Gasteiger partial charge in [0.1, 0.15) is 11.5 Å². The van der Waals surface area contributed by atoms with Crippen molar-refractivity contribution in [3.8, 4) is 22.6 Å². The van der Waals surface area contributed by atoms with Crippen LogP contribution >= 0.6 is 0 Å². The predicted molar refractivity (Wildman–Crippen MR) is 92.7 cm³/mol. The first-order chi connectivity index (χ1) is 10.8. The molecule has 0 atom stereocenters. The molecule has 0 heterocycles. The number of rotatable bonds is 9. The second-order valence-electron chi connectivity index (χ2n) is 5.43. The molecule has 0 aliphatic rings. The van der Waals surface area contributed by atoms with E-state index >= 15 is 0 Å². The second kappa shape index (κ2) is 9.14. The van der Waals surface area contributed by atoms with Gasteiger partial charge in [-0.2, -0.15) is 0 Å². The summed E-state index contributed by atoms with van der Waals surface area (Å²) in [5.74, 6) is 1.80. The van der Waals surface area contributed by atoms with Gasteiger partial charge in [0.05, 0.1) is 13.2 Å². The molecular formula is C20H26O2. The first-order valence-corrected chi connectivity index (χ1v) is 8.30. The first-order valence-electron chi connectivity index (χ1n) is 8.30. The van der Waals surface area contributed by atoms with Gasteiger partial charge in [0.2, 0.25) is 0 Å². The second-order valence-corrected chi connectivity index (χ2v) is 5.43. The molecule has 2 rings (SSSR count). The lowest BCUT2D eigenvalue weighted by atomic mass is 10.0. The Balaban J connectivity index is 2.19. The summed E-state index contributed by atoms with van der Waals surface area (Å²) in [6.45, 7) is 5.84. The fourth-order valence-electron chi connectivity index (χ4n) is 2.23. The van der Waals surface area contributed by atoms with Crippen molar-refractivity contribution < 1.29 is 9.47 Å². The molecule has 22 heavy (non-hydrogen) atoms. The minimum Gasteiger partial charge on any atom is -0.493 e. The molecule has 0 radical (unpaired) electrons. The van der Waals surface area contributed by atoms with Gasteiger partial charge in [0, 0.05) is 11.6 Å². The van der Waals surface area contributed by atoms with Gasteiger partial charge < -0.3 is 9.47 Å². The Bertz CT molecular complexity index is 549. The molecule has 0 N–H and O–H groups in total. The molecule has 0 bridgehead atoms. The van der Waals surface area contributed by atoms with E-state index in [2.05, 4.69) is 44.2 Å². The average molecular weight is 298 g/mol. The third-order valence-corrected chi connectivity index (χ3v) is 3.56. The molecule has 2 aromatic carbocycles. The SMILES string of the molecule is CCCCOc1ccc(-c2ccccc2)c(OCCCC)c1. The topological polar surface area (TPSA) is 18.5 Å². The lowest BCUT2D eigenvalue weighted by Crippen LogP contribution is -2.00. The fraction of sp³-hybridized carbons (Fsp3) is 0.400. The van der Waals surface area contributed by atoms with Crippen molar-refractivity contribution >= 4 is 0 Å². The fourth-order valence-corrected chi connectivity index (χ4v) is 2.23. The number of ether oxygens (including phenoxy) is 2. The van der Waals surface area contributed by atoms with Crippen molar-refractivity contribution in [3.05, 3.63) is 48.5 Å².